The number of ketones is 1. The molecule has 36 heavy (non-hydrogen) atoms. The monoisotopic (exact) mass is 666 g/mol. The molecule has 2 aliphatic heterocycles. The van der Waals surface area contributed by atoms with E-state index in [1.807, 2.05) is 6.20 Å². The van der Waals surface area contributed by atoms with Gasteiger partial charge in [-0.3, -0.25) is 9.78 Å². The first kappa shape index (κ1) is 24.2. The summed E-state index contributed by atoms with van der Waals surface area (Å²) in [5, 5.41) is 15.4. The summed E-state index contributed by atoms with van der Waals surface area (Å²) in [6.07, 6.45) is 3.07. The smallest absolute Gasteiger partial charge is 0.182 e. The van der Waals surface area contributed by atoms with E-state index in [0.29, 0.717) is 0 Å². The molecule has 0 fully saturated rings. The van der Waals surface area contributed by atoms with E-state index in [1.54, 1.807) is 0 Å². The standard InChI is InChI=1S/C25H15N2Si.C5H8O2.Pt/c1-4-11-19-18(10-1)25-24(27-19)23-22(14-7-15-26-23)28(25)20-12-5-2-8-16(20)17-9-3-6-13-21(17)28;1-4(6)3-5(2)7;/h1-15H;3,6H,1-2H3;/q-1;;/b;4-3-;. The number of rotatable bonds is 1. The van der Waals surface area contributed by atoms with E-state index < -0.39 is 8.07 Å². The van der Waals surface area contributed by atoms with E-state index in [9.17, 15) is 4.79 Å². The van der Waals surface area contributed by atoms with Gasteiger partial charge in [-0.1, -0.05) is 84.0 Å². The molecule has 2 aromatic heterocycles. The zero-order valence-corrected chi connectivity index (χ0v) is 23.1. The second kappa shape index (κ2) is 9.16. The Bertz CT molecular complexity index is 1620. The minimum absolute atomic E-state index is 0. The number of fused-ring (bicyclic) bond motifs is 12. The molecule has 0 amide bonds. The number of benzene rings is 3. The first-order chi connectivity index (χ1) is 17.0. The molecule has 2 aliphatic rings. The fourth-order valence-corrected chi connectivity index (χ4v) is 11.4. The molecule has 6 heteroatoms. The van der Waals surface area contributed by atoms with Gasteiger partial charge in [-0.15, -0.1) is 11.2 Å². The van der Waals surface area contributed by atoms with Gasteiger partial charge in [-0.05, 0) is 52.0 Å². The molecule has 4 heterocycles. The maximum Gasteiger partial charge on any atom is 0.182 e. The third-order valence-electron chi connectivity index (χ3n) is 6.82. The molecule has 0 saturated carbocycles. The van der Waals surface area contributed by atoms with Crippen LogP contribution >= 0.6 is 0 Å². The van der Waals surface area contributed by atoms with E-state index >= 15 is 0 Å². The van der Waals surface area contributed by atoms with Gasteiger partial charge in [0.25, 0.3) is 0 Å². The zero-order valence-electron chi connectivity index (χ0n) is 19.8. The fraction of sp³-hybridized carbons (Fsp3) is 0.0667. The van der Waals surface area contributed by atoms with Crippen molar-refractivity contribution < 1.29 is 31.0 Å². The molecule has 0 saturated heterocycles. The number of aliphatic hydroxyl groups excluding tert-OH is 1. The van der Waals surface area contributed by atoms with Crippen LogP contribution in [-0.4, -0.2) is 23.9 Å². The Labute approximate surface area is 225 Å². The van der Waals surface area contributed by atoms with Gasteiger partial charge in [0.05, 0.1) is 5.76 Å². The first-order valence-corrected chi connectivity index (χ1v) is 13.6. The summed E-state index contributed by atoms with van der Waals surface area (Å²) in [4.78, 5) is 19.9. The van der Waals surface area contributed by atoms with Crippen LogP contribution in [0.2, 0.25) is 0 Å². The molecular formula is C30H23N2O2PtSi-. The number of aliphatic hydroxyl groups is 1. The molecule has 0 unspecified atom stereocenters. The second-order valence-electron chi connectivity index (χ2n) is 8.99. The van der Waals surface area contributed by atoms with Crippen molar-refractivity contribution in [2.24, 2.45) is 0 Å². The van der Waals surface area contributed by atoms with Crippen LogP contribution < -0.4 is 25.7 Å². The maximum absolute atomic E-state index is 10.0. The van der Waals surface area contributed by atoms with Crippen molar-refractivity contribution in [3.63, 3.8) is 0 Å². The number of carbonyl (C=O) groups excluding carboxylic acids is 1. The number of aromatic nitrogens is 2. The maximum atomic E-state index is 10.0. The van der Waals surface area contributed by atoms with Crippen LogP contribution in [0.4, 0.5) is 0 Å². The molecule has 5 aromatic rings. The van der Waals surface area contributed by atoms with Gasteiger partial charge in [0, 0.05) is 39.0 Å². The van der Waals surface area contributed by atoms with Crippen LogP contribution in [0.25, 0.3) is 33.4 Å². The van der Waals surface area contributed by atoms with Crippen molar-refractivity contribution >= 4 is 45.5 Å². The minimum atomic E-state index is -2.39. The van der Waals surface area contributed by atoms with Crippen molar-refractivity contribution in [1.82, 2.24) is 9.97 Å². The summed E-state index contributed by atoms with van der Waals surface area (Å²) < 4.78 is 0. The van der Waals surface area contributed by atoms with E-state index in [1.165, 1.54) is 57.2 Å². The summed E-state index contributed by atoms with van der Waals surface area (Å²) in [6.45, 7) is 2.85. The predicted octanol–water partition coefficient (Wildman–Crippen LogP) is 3.56. The quantitative estimate of drug-likeness (QED) is 0.166. The van der Waals surface area contributed by atoms with Crippen LogP contribution in [0.1, 0.15) is 13.8 Å². The van der Waals surface area contributed by atoms with E-state index in [4.69, 9.17) is 15.1 Å². The number of hydrogen-bond acceptors (Lipinski definition) is 3. The first-order valence-electron chi connectivity index (χ1n) is 11.6. The SMILES string of the molecule is CC(=O)/C=C(/C)O.[Pt].c1ccc2c(c1)-c1ccccc1[Si]21c2cccnc2-c2[n-]c3ccccc3c21. The van der Waals surface area contributed by atoms with Gasteiger partial charge < -0.3 is 10.1 Å². The third-order valence-corrected chi connectivity index (χ3v) is 11.8. The molecule has 4 nitrogen and oxygen atoms in total. The molecule has 0 radical (unpaired) electrons. The number of hydrogen-bond donors (Lipinski definition) is 1. The molecule has 180 valence electrons. The Kier molecular flexibility index (Phi) is 6.15. The normalized spacial score (nSPS) is 13.7. The van der Waals surface area contributed by atoms with Gasteiger partial charge in [-0.25, -0.2) is 0 Å². The molecule has 1 spiro atoms. The van der Waals surface area contributed by atoms with Crippen LogP contribution in [-0.2, 0) is 25.9 Å². The molecule has 0 atom stereocenters. The average Bonchev–Trinajstić information content (AvgIpc) is 3.47. The Morgan fingerprint density at radius 2 is 1.42 bits per heavy atom. The number of nitrogens with zero attached hydrogens (tertiary/aromatic N) is 2. The Balaban J connectivity index is 0.000000297. The molecule has 7 rings (SSSR count). The minimum Gasteiger partial charge on any atom is -0.656 e. The Morgan fingerprint density at radius 1 is 0.833 bits per heavy atom. The Hall–Kier alpha value is -3.53. The molecule has 0 aliphatic carbocycles. The van der Waals surface area contributed by atoms with Crippen LogP contribution in [0, 0.1) is 0 Å². The largest absolute Gasteiger partial charge is 0.656 e. The van der Waals surface area contributed by atoms with Gasteiger partial charge in [-0.2, -0.15) is 0 Å². The third kappa shape index (κ3) is 3.38. The molecule has 0 bridgehead atoms. The second-order valence-corrected chi connectivity index (χ2v) is 12.6. The van der Waals surface area contributed by atoms with E-state index in [0.717, 1.165) is 16.9 Å². The Morgan fingerprint density at radius 3 is 2.03 bits per heavy atom. The van der Waals surface area contributed by atoms with Gasteiger partial charge >= 0.3 is 0 Å². The van der Waals surface area contributed by atoms with Crippen molar-refractivity contribution in [3.05, 3.63) is 103 Å². The number of pyridine rings is 1. The van der Waals surface area contributed by atoms with Crippen molar-refractivity contribution in [1.29, 1.82) is 0 Å². The number of carbonyl (C=O) groups is 1. The van der Waals surface area contributed by atoms with Crippen LogP contribution in [0.5, 0.6) is 0 Å². The van der Waals surface area contributed by atoms with E-state index in [2.05, 4.69) is 84.9 Å². The summed E-state index contributed by atoms with van der Waals surface area (Å²) in [5.41, 5.74) is 6.00. The van der Waals surface area contributed by atoms with Crippen molar-refractivity contribution in [2.45, 2.75) is 13.8 Å². The van der Waals surface area contributed by atoms with Crippen LogP contribution in [0.15, 0.2) is 103 Å². The number of para-hydroxylation sites is 1. The van der Waals surface area contributed by atoms with Gasteiger partial charge in [0.1, 0.15) is 0 Å². The predicted molar refractivity (Wildman–Crippen MR) is 144 cm³/mol. The fourth-order valence-electron chi connectivity index (χ4n) is 5.76. The van der Waals surface area contributed by atoms with E-state index in [-0.39, 0.29) is 32.6 Å². The average molecular weight is 667 g/mol. The molecule has 1 N–H and O–H groups in total. The van der Waals surface area contributed by atoms with Crippen molar-refractivity contribution in [2.75, 3.05) is 0 Å². The zero-order chi connectivity index (χ0) is 24.2. The summed E-state index contributed by atoms with van der Waals surface area (Å²) >= 11 is 0. The van der Waals surface area contributed by atoms with Gasteiger partial charge in [0.15, 0.2) is 13.9 Å². The summed E-state index contributed by atoms with van der Waals surface area (Å²) in [5.74, 6) is -0.0625. The molecule has 3 aromatic carbocycles. The summed E-state index contributed by atoms with van der Waals surface area (Å²) in [6, 6.07) is 30.9. The van der Waals surface area contributed by atoms with Crippen molar-refractivity contribution in [3.8, 4) is 22.5 Å². The number of allylic oxidation sites excluding steroid dienone is 2. The molecular weight excluding hydrogens is 644 g/mol. The van der Waals surface area contributed by atoms with Crippen LogP contribution in [0.3, 0.4) is 0 Å². The van der Waals surface area contributed by atoms with Gasteiger partial charge in [0.2, 0.25) is 0 Å². The summed E-state index contributed by atoms with van der Waals surface area (Å²) in [7, 11) is -2.39. The topological polar surface area (TPSA) is 64.3 Å².